The third kappa shape index (κ3) is 2.96. The van der Waals surface area contributed by atoms with Crippen molar-refractivity contribution in [2.75, 3.05) is 0 Å². The van der Waals surface area contributed by atoms with Gasteiger partial charge in [-0.15, -0.1) is 0 Å². The third-order valence-corrected chi connectivity index (χ3v) is 2.74. The van der Waals surface area contributed by atoms with Gasteiger partial charge in [-0.25, -0.2) is 13.8 Å². The highest BCUT2D eigenvalue weighted by Crippen LogP contribution is 2.23. The van der Waals surface area contributed by atoms with Crippen molar-refractivity contribution in [3.8, 4) is 11.3 Å². The molecule has 2 aromatic rings. The zero-order valence-electron chi connectivity index (χ0n) is 10.2. The largest absolute Gasteiger partial charge is 0.481 e. The summed E-state index contributed by atoms with van der Waals surface area (Å²) in [6.45, 7) is 0. The van der Waals surface area contributed by atoms with Crippen molar-refractivity contribution in [3.63, 3.8) is 0 Å². The van der Waals surface area contributed by atoms with Crippen LogP contribution in [0.15, 0.2) is 24.4 Å². The van der Waals surface area contributed by atoms with E-state index >= 15 is 0 Å². The van der Waals surface area contributed by atoms with E-state index in [1.165, 1.54) is 0 Å². The molecule has 0 radical (unpaired) electrons. The third-order valence-electron chi connectivity index (χ3n) is 2.74. The van der Waals surface area contributed by atoms with E-state index in [0.29, 0.717) is 11.5 Å². The number of carboxylic acid groups (broad SMARTS) is 1. The van der Waals surface area contributed by atoms with E-state index in [1.54, 1.807) is 17.8 Å². The molecule has 0 saturated carbocycles. The van der Waals surface area contributed by atoms with Gasteiger partial charge in [-0.3, -0.25) is 4.79 Å². The second-order valence-corrected chi connectivity index (χ2v) is 4.17. The summed E-state index contributed by atoms with van der Waals surface area (Å²) in [5, 5.41) is 8.62. The number of hydrogen-bond acceptors (Lipinski definition) is 2. The number of benzene rings is 1. The van der Waals surface area contributed by atoms with Crippen LogP contribution in [0.5, 0.6) is 0 Å². The Morgan fingerprint density at radius 1 is 1.42 bits per heavy atom. The molecule has 0 amide bonds. The number of carboxylic acids is 1. The minimum absolute atomic E-state index is 0.0596. The Morgan fingerprint density at radius 3 is 2.84 bits per heavy atom. The maximum absolute atomic E-state index is 13.6. The highest BCUT2D eigenvalue weighted by molar-refractivity contribution is 5.67. The molecule has 6 heteroatoms. The van der Waals surface area contributed by atoms with E-state index in [0.717, 1.165) is 18.2 Å². The number of aliphatic carboxylic acids is 1. The van der Waals surface area contributed by atoms with Gasteiger partial charge in [-0.2, -0.15) is 0 Å². The molecule has 19 heavy (non-hydrogen) atoms. The molecule has 0 spiro atoms. The molecule has 1 heterocycles. The lowest BCUT2D eigenvalue weighted by molar-refractivity contribution is -0.137. The monoisotopic (exact) mass is 266 g/mol. The highest BCUT2D eigenvalue weighted by atomic mass is 19.1. The summed E-state index contributed by atoms with van der Waals surface area (Å²) in [6, 6.07) is 3.14. The Labute approximate surface area is 108 Å². The summed E-state index contributed by atoms with van der Waals surface area (Å²) in [6.07, 6.45) is 1.73. The summed E-state index contributed by atoms with van der Waals surface area (Å²) in [7, 11) is 1.69. The summed E-state index contributed by atoms with van der Waals surface area (Å²) in [5.41, 5.74) is 0.358. The fraction of sp³-hybridized carbons (Fsp3) is 0.231. The van der Waals surface area contributed by atoms with Gasteiger partial charge in [-0.1, -0.05) is 0 Å². The van der Waals surface area contributed by atoms with Gasteiger partial charge in [0.1, 0.15) is 17.5 Å². The Balaban J connectivity index is 2.33. The van der Waals surface area contributed by atoms with Gasteiger partial charge in [0.25, 0.3) is 0 Å². The molecule has 0 atom stereocenters. The van der Waals surface area contributed by atoms with Gasteiger partial charge in [0, 0.05) is 25.2 Å². The van der Waals surface area contributed by atoms with Crippen LogP contribution in [0.1, 0.15) is 12.2 Å². The molecule has 0 aliphatic carbocycles. The van der Waals surface area contributed by atoms with Crippen LogP contribution in [0.4, 0.5) is 8.78 Å². The molecular formula is C13H12F2N2O2. The van der Waals surface area contributed by atoms with Gasteiger partial charge in [0.05, 0.1) is 12.1 Å². The van der Waals surface area contributed by atoms with E-state index in [9.17, 15) is 13.6 Å². The van der Waals surface area contributed by atoms with Crippen molar-refractivity contribution in [2.45, 2.75) is 12.8 Å². The summed E-state index contributed by atoms with van der Waals surface area (Å²) < 4.78 is 28.3. The number of rotatable bonds is 4. The molecule has 1 aromatic heterocycles. The normalized spacial score (nSPS) is 10.7. The number of nitrogens with zero attached hydrogens (tertiary/aromatic N) is 2. The first kappa shape index (κ1) is 13.2. The van der Waals surface area contributed by atoms with Crippen LogP contribution in [0, 0.1) is 11.6 Å². The van der Waals surface area contributed by atoms with Gasteiger partial charge in [0.15, 0.2) is 0 Å². The van der Waals surface area contributed by atoms with Gasteiger partial charge < -0.3 is 9.67 Å². The predicted molar refractivity (Wildman–Crippen MR) is 64.5 cm³/mol. The number of carbonyl (C=O) groups is 1. The molecule has 0 aliphatic heterocycles. The second-order valence-electron chi connectivity index (χ2n) is 4.17. The minimum Gasteiger partial charge on any atom is -0.481 e. The smallest absolute Gasteiger partial charge is 0.303 e. The fourth-order valence-corrected chi connectivity index (χ4v) is 1.78. The number of aromatic nitrogens is 2. The lowest BCUT2D eigenvalue weighted by Crippen LogP contribution is -2.02. The van der Waals surface area contributed by atoms with Crippen LogP contribution >= 0.6 is 0 Å². The van der Waals surface area contributed by atoms with E-state index < -0.39 is 17.6 Å². The average Bonchev–Trinajstić information content (AvgIpc) is 2.71. The Bertz CT molecular complexity index is 623. The second kappa shape index (κ2) is 5.17. The number of imidazole rings is 1. The maximum atomic E-state index is 13.6. The van der Waals surface area contributed by atoms with Crippen LogP contribution in [0.3, 0.4) is 0 Å². The lowest BCUT2D eigenvalue weighted by atomic mass is 10.1. The zero-order valence-corrected chi connectivity index (χ0v) is 10.2. The molecule has 1 aromatic carbocycles. The number of hydrogen-bond donors (Lipinski definition) is 1. The quantitative estimate of drug-likeness (QED) is 0.924. The van der Waals surface area contributed by atoms with Crippen LogP contribution in [-0.2, 0) is 18.3 Å². The van der Waals surface area contributed by atoms with Gasteiger partial charge >= 0.3 is 5.97 Å². The molecule has 100 valence electrons. The van der Waals surface area contributed by atoms with E-state index in [1.807, 2.05) is 0 Å². The Kier molecular flexibility index (Phi) is 3.59. The topological polar surface area (TPSA) is 55.1 Å². The van der Waals surface area contributed by atoms with Crippen LogP contribution in [0.2, 0.25) is 0 Å². The standard InChI is InChI=1S/C13H12F2N2O2/c1-17-7-11(16-12(17)4-5-13(18)19)9-6-8(14)2-3-10(9)15/h2-3,6-7H,4-5H2,1H3,(H,18,19). The molecule has 0 bridgehead atoms. The molecule has 0 saturated heterocycles. The first-order valence-electron chi connectivity index (χ1n) is 5.67. The predicted octanol–water partition coefficient (Wildman–Crippen LogP) is 2.38. The van der Waals surface area contributed by atoms with Crippen LogP contribution in [0.25, 0.3) is 11.3 Å². The summed E-state index contributed by atoms with van der Waals surface area (Å²) in [5.74, 6) is -1.53. The Hall–Kier alpha value is -2.24. The van der Waals surface area contributed by atoms with Crippen molar-refractivity contribution >= 4 is 5.97 Å². The molecular weight excluding hydrogens is 254 g/mol. The fourth-order valence-electron chi connectivity index (χ4n) is 1.78. The maximum Gasteiger partial charge on any atom is 0.303 e. The molecule has 2 rings (SSSR count). The molecule has 0 fully saturated rings. The SMILES string of the molecule is Cn1cc(-c2cc(F)ccc2F)nc1CCC(=O)O. The molecule has 0 aliphatic rings. The van der Waals surface area contributed by atoms with E-state index in [4.69, 9.17) is 5.11 Å². The lowest BCUT2D eigenvalue weighted by Gasteiger charge is -1.98. The van der Waals surface area contributed by atoms with Crippen molar-refractivity contribution in [3.05, 3.63) is 41.9 Å². The van der Waals surface area contributed by atoms with Crippen LogP contribution < -0.4 is 0 Å². The van der Waals surface area contributed by atoms with Crippen molar-refractivity contribution in [1.29, 1.82) is 0 Å². The number of halogens is 2. The summed E-state index contributed by atoms with van der Waals surface area (Å²) >= 11 is 0. The minimum atomic E-state index is -0.929. The summed E-state index contributed by atoms with van der Waals surface area (Å²) in [4.78, 5) is 14.7. The van der Waals surface area contributed by atoms with Crippen molar-refractivity contribution in [1.82, 2.24) is 9.55 Å². The van der Waals surface area contributed by atoms with Gasteiger partial charge in [0.2, 0.25) is 0 Å². The zero-order chi connectivity index (χ0) is 14.0. The molecule has 0 unspecified atom stereocenters. The van der Waals surface area contributed by atoms with Crippen LogP contribution in [-0.4, -0.2) is 20.6 Å². The van der Waals surface area contributed by atoms with Crippen molar-refractivity contribution < 1.29 is 18.7 Å². The Morgan fingerprint density at radius 2 is 2.16 bits per heavy atom. The first-order valence-corrected chi connectivity index (χ1v) is 5.67. The molecule has 4 nitrogen and oxygen atoms in total. The molecule has 1 N–H and O–H groups in total. The average molecular weight is 266 g/mol. The van der Waals surface area contributed by atoms with E-state index in [-0.39, 0.29) is 18.4 Å². The van der Waals surface area contributed by atoms with Gasteiger partial charge in [-0.05, 0) is 18.2 Å². The number of aryl methyl sites for hydroxylation is 2. The highest BCUT2D eigenvalue weighted by Gasteiger charge is 2.13. The van der Waals surface area contributed by atoms with E-state index in [2.05, 4.69) is 4.98 Å². The van der Waals surface area contributed by atoms with Crippen molar-refractivity contribution in [2.24, 2.45) is 7.05 Å². The first-order chi connectivity index (χ1) is 8.97.